The van der Waals surface area contributed by atoms with Crippen molar-refractivity contribution >= 4 is 58.0 Å². The number of aryl methyl sites for hydroxylation is 1. The topological polar surface area (TPSA) is 212 Å². The molecule has 0 aliphatic carbocycles. The van der Waals surface area contributed by atoms with Crippen molar-refractivity contribution in [3.8, 4) is 5.75 Å². The smallest absolute Gasteiger partial charge is 0.490 e. The number of nitrogens with zero attached hydrogens (tertiary/aromatic N) is 6. The maximum absolute atomic E-state index is 13.3. The summed E-state index contributed by atoms with van der Waals surface area (Å²) in [6.07, 6.45) is -9.94. The largest absolute Gasteiger partial charge is 0.497 e. The molecule has 1 aliphatic heterocycles. The van der Waals surface area contributed by atoms with Crippen LogP contribution in [0.4, 0.5) is 38.0 Å². The van der Waals surface area contributed by atoms with E-state index >= 15 is 0 Å². The van der Waals surface area contributed by atoms with Crippen LogP contribution in [0, 0.1) is 0 Å². The molecule has 23 heteroatoms. The standard InChI is InChI=1S/C23H30ClN9O3.C3H3F3O2.C2HF3O2/c1-4-32-16-11-14(36-3)5-6-15(16)33(13-18(34)31-9-7-30(2)8-10-31)17(32)12-27-23(35)19-21(25)29-22(26)20(24)28-19;1-8-2(7)3(4,5)6;3-2(4,5)1(6)7/h5-6,11H,4,7-10,12-13H2,1-3H3,(H4-,25,26,27,29,35);1H3;(H,6,7)/p+1. The number of aromatic nitrogens is 4. The van der Waals surface area contributed by atoms with E-state index in [-0.39, 0.29) is 41.5 Å². The Morgan fingerprint density at radius 3 is 2.06 bits per heavy atom. The lowest BCUT2D eigenvalue weighted by Gasteiger charge is -2.32. The lowest BCUT2D eigenvalue weighted by atomic mass is 10.3. The number of benzene rings is 1. The predicted molar refractivity (Wildman–Crippen MR) is 167 cm³/mol. The lowest BCUT2D eigenvalue weighted by molar-refractivity contribution is -0.668. The number of fused-ring (bicyclic) bond motifs is 1. The molecular weight excluding hydrogens is 724 g/mol. The fraction of sp³-hybridized carbons (Fsp3) is 0.464. The zero-order chi connectivity index (χ0) is 38.8. The van der Waals surface area contributed by atoms with Crippen LogP contribution >= 0.6 is 11.6 Å². The molecule has 282 valence electrons. The van der Waals surface area contributed by atoms with Crippen molar-refractivity contribution in [2.75, 3.05) is 58.9 Å². The van der Waals surface area contributed by atoms with E-state index in [9.17, 15) is 40.7 Å². The van der Waals surface area contributed by atoms with E-state index < -0.39 is 30.2 Å². The number of rotatable bonds is 7. The summed E-state index contributed by atoms with van der Waals surface area (Å²) in [5.74, 6) is -4.19. The number of aliphatic carboxylic acids is 1. The maximum Gasteiger partial charge on any atom is 0.490 e. The predicted octanol–water partition coefficient (Wildman–Crippen LogP) is 1.62. The van der Waals surface area contributed by atoms with Crippen LogP contribution in [-0.4, -0.2) is 113 Å². The molecular formula is C28H35ClF6N9O7+. The molecule has 0 bridgehead atoms. The zero-order valence-corrected chi connectivity index (χ0v) is 28.3. The molecule has 0 saturated carbocycles. The number of carboxylic acids is 1. The number of halogens is 7. The fourth-order valence-corrected chi connectivity index (χ4v) is 4.60. The highest BCUT2D eigenvalue weighted by Crippen LogP contribution is 2.22. The highest BCUT2D eigenvalue weighted by molar-refractivity contribution is 6.31. The molecule has 2 amide bonds. The van der Waals surface area contributed by atoms with Gasteiger partial charge in [-0.15, -0.1) is 0 Å². The first-order valence-corrected chi connectivity index (χ1v) is 14.9. The van der Waals surface area contributed by atoms with Gasteiger partial charge in [-0.2, -0.15) is 26.3 Å². The van der Waals surface area contributed by atoms with Gasteiger partial charge in [0.25, 0.3) is 17.6 Å². The van der Waals surface area contributed by atoms with Gasteiger partial charge in [0.2, 0.25) is 0 Å². The van der Waals surface area contributed by atoms with E-state index in [2.05, 4.69) is 24.9 Å². The Balaban J connectivity index is 0.000000503. The normalized spacial score (nSPS) is 13.4. The molecule has 0 unspecified atom stereocenters. The summed E-state index contributed by atoms with van der Waals surface area (Å²) in [6, 6.07) is 5.70. The number of anilines is 2. The van der Waals surface area contributed by atoms with E-state index in [1.165, 1.54) is 0 Å². The minimum Gasteiger partial charge on any atom is -0.497 e. The van der Waals surface area contributed by atoms with E-state index in [4.69, 9.17) is 37.7 Å². The number of hydrogen-bond donors (Lipinski definition) is 4. The second-order valence-corrected chi connectivity index (χ2v) is 10.8. The van der Waals surface area contributed by atoms with Crippen molar-refractivity contribution in [2.45, 2.75) is 38.9 Å². The van der Waals surface area contributed by atoms with Crippen LogP contribution in [0.1, 0.15) is 23.2 Å². The average Bonchev–Trinajstić information content (AvgIpc) is 3.35. The SMILES string of the molecule is CCn1c(CNC(=O)c2nc(Cl)c(N)nc2N)[n+](CC(=O)N2CCN(C)CC2)c2ccc(OC)cc21.COC(=O)C(F)(F)F.O=C(O)C(F)(F)F. The summed E-state index contributed by atoms with van der Waals surface area (Å²) in [5.41, 5.74) is 13.1. The Labute approximate surface area is 290 Å². The van der Waals surface area contributed by atoms with Crippen LogP contribution in [0.25, 0.3) is 11.0 Å². The van der Waals surface area contributed by atoms with E-state index in [1.807, 2.05) is 46.2 Å². The fourth-order valence-electron chi connectivity index (χ4n) is 4.48. The number of amides is 2. The van der Waals surface area contributed by atoms with Crippen LogP contribution in [0.15, 0.2) is 18.2 Å². The third-order valence-electron chi connectivity index (χ3n) is 7.04. The number of carbonyl (C=O) groups is 4. The molecule has 3 heterocycles. The number of ether oxygens (including phenoxy) is 2. The van der Waals surface area contributed by atoms with Crippen molar-refractivity contribution in [3.63, 3.8) is 0 Å². The van der Waals surface area contributed by atoms with Crippen LogP contribution < -0.4 is 26.1 Å². The number of imidazole rings is 1. The van der Waals surface area contributed by atoms with Crippen molar-refractivity contribution in [1.29, 1.82) is 0 Å². The Bertz CT molecular complexity index is 1730. The summed E-state index contributed by atoms with van der Waals surface area (Å²) in [4.78, 5) is 56.5. The molecule has 1 saturated heterocycles. The highest BCUT2D eigenvalue weighted by atomic mass is 35.5. The van der Waals surface area contributed by atoms with Gasteiger partial charge in [-0.05, 0) is 26.1 Å². The molecule has 0 radical (unpaired) electrons. The van der Waals surface area contributed by atoms with Gasteiger partial charge in [0.05, 0.1) is 20.8 Å². The van der Waals surface area contributed by atoms with Crippen molar-refractivity contribution in [1.82, 2.24) is 29.7 Å². The second kappa shape index (κ2) is 17.7. The minimum absolute atomic E-state index is 0.0204. The summed E-state index contributed by atoms with van der Waals surface area (Å²) in [7, 11) is 4.33. The van der Waals surface area contributed by atoms with Gasteiger partial charge in [0.15, 0.2) is 40.1 Å². The quantitative estimate of drug-likeness (QED) is 0.154. The molecule has 1 aliphatic rings. The number of methoxy groups -OCH3 is 2. The van der Waals surface area contributed by atoms with Gasteiger partial charge in [0, 0.05) is 32.2 Å². The molecule has 6 N–H and O–H groups in total. The molecule has 1 fully saturated rings. The summed E-state index contributed by atoms with van der Waals surface area (Å²) >= 11 is 5.94. The number of carbonyl (C=O) groups excluding carboxylic acids is 3. The van der Waals surface area contributed by atoms with Gasteiger partial charge < -0.3 is 41.2 Å². The van der Waals surface area contributed by atoms with Crippen molar-refractivity contribution in [3.05, 3.63) is 34.9 Å². The number of hydrogen-bond acceptors (Lipinski definition) is 11. The number of esters is 1. The van der Waals surface area contributed by atoms with Gasteiger partial charge in [0.1, 0.15) is 12.3 Å². The highest BCUT2D eigenvalue weighted by Gasteiger charge is 2.40. The molecule has 51 heavy (non-hydrogen) atoms. The van der Waals surface area contributed by atoms with Gasteiger partial charge in [-0.1, -0.05) is 11.6 Å². The molecule has 0 spiro atoms. The number of likely N-dealkylation sites (N-methyl/N-ethyl adjacent to an activating group) is 1. The van der Waals surface area contributed by atoms with Crippen LogP contribution in [0.3, 0.4) is 0 Å². The van der Waals surface area contributed by atoms with E-state index in [1.54, 1.807) is 7.11 Å². The minimum atomic E-state index is -5.08. The Hall–Kier alpha value is -5.12. The summed E-state index contributed by atoms with van der Waals surface area (Å²) < 4.78 is 77.4. The van der Waals surface area contributed by atoms with Crippen molar-refractivity contribution < 1.29 is 64.7 Å². The third-order valence-corrected chi connectivity index (χ3v) is 7.32. The number of piperazine rings is 1. The number of nitrogens with one attached hydrogen (secondary N) is 1. The monoisotopic (exact) mass is 758 g/mol. The molecule has 0 atom stereocenters. The Kier molecular flexibility index (Phi) is 14.6. The van der Waals surface area contributed by atoms with Gasteiger partial charge in [-0.3, -0.25) is 9.59 Å². The average molecular weight is 759 g/mol. The van der Waals surface area contributed by atoms with Crippen molar-refractivity contribution in [2.24, 2.45) is 0 Å². The van der Waals surface area contributed by atoms with Crippen LogP contribution in [0.5, 0.6) is 5.75 Å². The summed E-state index contributed by atoms with van der Waals surface area (Å²) in [5, 5.41) is 9.87. The summed E-state index contributed by atoms with van der Waals surface area (Å²) in [6.45, 7) is 5.89. The van der Waals surface area contributed by atoms with Crippen LogP contribution in [0.2, 0.25) is 5.15 Å². The first-order chi connectivity index (χ1) is 23.7. The number of alkyl halides is 6. The Morgan fingerprint density at radius 2 is 1.59 bits per heavy atom. The first-order valence-electron chi connectivity index (χ1n) is 14.5. The third kappa shape index (κ3) is 11.5. The van der Waals surface area contributed by atoms with Gasteiger partial charge in [-0.25, -0.2) is 28.7 Å². The molecule has 4 rings (SSSR count). The molecule has 2 aromatic heterocycles. The number of nitrogen functional groups attached to an aromatic ring is 2. The first kappa shape index (κ1) is 42.0. The second-order valence-electron chi connectivity index (χ2n) is 10.4. The molecule has 16 nitrogen and oxygen atoms in total. The maximum atomic E-state index is 13.3. The van der Waals surface area contributed by atoms with Gasteiger partial charge >= 0.3 is 24.3 Å². The zero-order valence-electron chi connectivity index (χ0n) is 27.6. The van der Waals surface area contributed by atoms with Crippen LogP contribution in [-0.2, 0) is 38.8 Å². The lowest BCUT2D eigenvalue weighted by Crippen LogP contribution is -2.53. The number of nitrogens with two attached hydrogens (primary N) is 2. The molecule has 1 aromatic carbocycles. The van der Waals surface area contributed by atoms with E-state index in [0.717, 1.165) is 29.9 Å². The Morgan fingerprint density at radius 1 is 1.00 bits per heavy atom. The molecule has 3 aromatic rings. The van der Waals surface area contributed by atoms with E-state index in [0.29, 0.717) is 32.5 Å². The number of carboxylic acid groups (broad SMARTS) is 1.